The largest absolute Gasteiger partial charge is 0.330 e. The number of aromatic nitrogens is 2. The van der Waals surface area contributed by atoms with Crippen molar-refractivity contribution in [1.29, 1.82) is 0 Å². The lowest BCUT2D eigenvalue weighted by Crippen LogP contribution is -2.24. The quantitative estimate of drug-likeness (QED) is 0.793. The summed E-state index contributed by atoms with van der Waals surface area (Å²) in [5.41, 5.74) is 5.42. The summed E-state index contributed by atoms with van der Waals surface area (Å²) in [5, 5.41) is 7.01. The Morgan fingerprint density at radius 3 is 2.81 bits per heavy atom. The smallest absolute Gasteiger partial charge is 0.228 e. The molecular formula is C11H20N4O. The van der Waals surface area contributed by atoms with E-state index in [1.54, 1.807) is 16.9 Å². The molecule has 0 aliphatic carbocycles. The molecule has 0 aliphatic rings. The maximum Gasteiger partial charge on any atom is 0.228 e. The van der Waals surface area contributed by atoms with E-state index in [9.17, 15) is 4.79 Å². The van der Waals surface area contributed by atoms with Gasteiger partial charge in [0.15, 0.2) is 0 Å². The molecule has 1 atom stereocenters. The van der Waals surface area contributed by atoms with Gasteiger partial charge in [-0.1, -0.05) is 6.92 Å². The van der Waals surface area contributed by atoms with Crippen LogP contribution in [0.15, 0.2) is 12.3 Å². The summed E-state index contributed by atoms with van der Waals surface area (Å²) < 4.78 is 1.78. The number of amides is 1. The molecule has 0 bridgehead atoms. The van der Waals surface area contributed by atoms with E-state index in [2.05, 4.69) is 10.4 Å². The molecule has 3 N–H and O–H groups in total. The minimum absolute atomic E-state index is 0.00662. The number of carbonyl (C=O) groups is 1. The Morgan fingerprint density at radius 2 is 2.25 bits per heavy atom. The average molecular weight is 224 g/mol. The first kappa shape index (κ1) is 12.7. The van der Waals surface area contributed by atoms with Crippen LogP contribution in [0, 0.1) is 5.92 Å². The third-order valence-electron chi connectivity index (χ3n) is 2.46. The van der Waals surface area contributed by atoms with Gasteiger partial charge in [-0.05, 0) is 26.8 Å². The summed E-state index contributed by atoms with van der Waals surface area (Å²) in [6.07, 6.45) is 2.38. The highest BCUT2D eigenvalue weighted by molar-refractivity contribution is 5.91. The minimum atomic E-state index is -0.0690. The SMILES string of the molecule is CC(CCN)C(=O)Nc1ccnn1C(C)C. The van der Waals surface area contributed by atoms with Gasteiger partial charge >= 0.3 is 0 Å². The predicted molar refractivity (Wildman–Crippen MR) is 64.1 cm³/mol. The molecule has 0 aliphatic heterocycles. The fraction of sp³-hybridized carbons (Fsp3) is 0.636. The van der Waals surface area contributed by atoms with Crippen molar-refractivity contribution in [1.82, 2.24) is 9.78 Å². The molecule has 90 valence electrons. The van der Waals surface area contributed by atoms with Gasteiger partial charge in [-0.25, -0.2) is 4.68 Å². The first-order chi connectivity index (χ1) is 7.56. The molecule has 0 spiro atoms. The second-order valence-corrected chi connectivity index (χ2v) is 4.22. The maximum atomic E-state index is 11.8. The molecule has 0 fully saturated rings. The predicted octanol–water partition coefficient (Wildman–Crippen LogP) is 1.39. The van der Waals surface area contributed by atoms with Crippen LogP contribution in [-0.2, 0) is 4.79 Å². The highest BCUT2D eigenvalue weighted by atomic mass is 16.2. The van der Waals surface area contributed by atoms with Crippen LogP contribution in [0.1, 0.15) is 33.2 Å². The molecule has 1 aromatic heterocycles. The van der Waals surface area contributed by atoms with Crippen molar-refractivity contribution in [2.75, 3.05) is 11.9 Å². The fourth-order valence-corrected chi connectivity index (χ4v) is 1.46. The highest BCUT2D eigenvalue weighted by Crippen LogP contribution is 2.14. The Balaban J connectivity index is 2.66. The van der Waals surface area contributed by atoms with Crippen LogP contribution in [0.25, 0.3) is 0 Å². The first-order valence-electron chi connectivity index (χ1n) is 5.60. The van der Waals surface area contributed by atoms with Gasteiger partial charge in [-0.3, -0.25) is 4.79 Å². The zero-order valence-corrected chi connectivity index (χ0v) is 10.1. The highest BCUT2D eigenvalue weighted by Gasteiger charge is 2.14. The lowest BCUT2D eigenvalue weighted by atomic mass is 10.1. The summed E-state index contributed by atoms with van der Waals surface area (Å²) in [6, 6.07) is 2.03. The van der Waals surface area contributed by atoms with E-state index >= 15 is 0 Å². The Morgan fingerprint density at radius 1 is 1.56 bits per heavy atom. The second-order valence-electron chi connectivity index (χ2n) is 4.22. The molecule has 1 amide bonds. The molecule has 0 radical (unpaired) electrons. The van der Waals surface area contributed by atoms with Gasteiger partial charge in [-0.2, -0.15) is 5.10 Å². The monoisotopic (exact) mass is 224 g/mol. The number of hydrogen-bond donors (Lipinski definition) is 2. The summed E-state index contributed by atoms with van der Waals surface area (Å²) in [5.74, 6) is 0.664. The summed E-state index contributed by atoms with van der Waals surface area (Å²) >= 11 is 0. The minimum Gasteiger partial charge on any atom is -0.330 e. The number of carbonyl (C=O) groups excluding carboxylic acids is 1. The number of rotatable bonds is 5. The topological polar surface area (TPSA) is 72.9 Å². The number of anilines is 1. The first-order valence-corrected chi connectivity index (χ1v) is 5.60. The van der Waals surface area contributed by atoms with Crippen molar-refractivity contribution in [3.63, 3.8) is 0 Å². The van der Waals surface area contributed by atoms with Crippen molar-refractivity contribution < 1.29 is 4.79 Å². The van der Waals surface area contributed by atoms with Gasteiger partial charge in [0.05, 0.1) is 6.20 Å². The van der Waals surface area contributed by atoms with Crippen molar-refractivity contribution in [3.05, 3.63) is 12.3 Å². The number of nitrogens with zero attached hydrogens (tertiary/aromatic N) is 2. The fourth-order valence-electron chi connectivity index (χ4n) is 1.46. The van der Waals surface area contributed by atoms with E-state index in [0.717, 1.165) is 5.82 Å². The Labute approximate surface area is 96.0 Å². The standard InChI is InChI=1S/C11H20N4O/c1-8(2)15-10(5-7-13-15)14-11(16)9(3)4-6-12/h5,7-9H,4,6,12H2,1-3H3,(H,14,16). The molecule has 5 nitrogen and oxygen atoms in total. The van der Waals surface area contributed by atoms with Gasteiger partial charge in [-0.15, -0.1) is 0 Å². The van der Waals surface area contributed by atoms with E-state index in [0.29, 0.717) is 13.0 Å². The Bertz CT molecular complexity index is 346. The van der Waals surface area contributed by atoms with Crippen LogP contribution in [0.4, 0.5) is 5.82 Å². The second kappa shape index (κ2) is 5.65. The van der Waals surface area contributed by atoms with Crippen LogP contribution >= 0.6 is 0 Å². The van der Waals surface area contributed by atoms with Crippen LogP contribution in [0.3, 0.4) is 0 Å². The molecule has 1 unspecified atom stereocenters. The van der Waals surface area contributed by atoms with Gasteiger partial charge in [0, 0.05) is 18.0 Å². The lowest BCUT2D eigenvalue weighted by molar-refractivity contribution is -0.119. The average Bonchev–Trinajstić information content (AvgIpc) is 2.66. The molecule has 0 saturated heterocycles. The molecular weight excluding hydrogens is 204 g/mol. The number of nitrogens with two attached hydrogens (primary N) is 1. The van der Waals surface area contributed by atoms with Crippen molar-refractivity contribution in [3.8, 4) is 0 Å². The van der Waals surface area contributed by atoms with E-state index in [4.69, 9.17) is 5.73 Å². The van der Waals surface area contributed by atoms with E-state index in [1.807, 2.05) is 20.8 Å². The van der Waals surface area contributed by atoms with Crippen LogP contribution < -0.4 is 11.1 Å². The molecule has 1 rings (SSSR count). The van der Waals surface area contributed by atoms with E-state index in [-0.39, 0.29) is 17.9 Å². The van der Waals surface area contributed by atoms with Crippen molar-refractivity contribution in [2.45, 2.75) is 33.2 Å². The molecule has 0 saturated carbocycles. The van der Waals surface area contributed by atoms with E-state index < -0.39 is 0 Å². The summed E-state index contributed by atoms with van der Waals surface area (Å²) in [6.45, 7) is 6.44. The number of hydrogen-bond acceptors (Lipinski definition) is 3. The summed E-state index contributed by atoms with van der Waals surface area (Å²) in [4.78, 5) is 11.8. The lowest BCUT2D eigenvalue weighted by Gasteiger charge is -2.14. The molecule has 1 heterocycles. The zero-order chi connectivity index (χ0) is 12.1. The maximum absolute atomic E-state index is 11.8. The molecule has 1 aromatic rings. The normalized spacial score (nSPS) is 12.8. The van der Waals surface area contributed by atoms with Gasteiger partial charge in [0.1, 0.15) is 5.82 Å². The third-order valence-corrected chi connectivity index (χ3v) is 2.46. The summed E-state index contributed by atoms with van der Waals surface area (Å²) in [7, 11) is 0. The van der Waals surface area contributed by atoms with Gasteiger partial charge in [0.25, 0.3) is 0 Å². The van der Waals surface area contributed by atoms with Gasteiger partial charge in [0.2, 0.25) is 5.91 Å². The van der Waals surface area contributed by atoms with Gasteiger partial charge < -0.3 is 11.1 Å². The molecule has 5 heteroatoms. The van der Waals surface area contributed by atoms with E-state index in [1.165, 1.54) is 0 Å². The van der Waals surface area contributed by atoms with Crippen LogP contribution in [0.5, 0.6) is 0 Å². The Hall–Kier alpha value is -1.36. The van der Waals surface area contributed by atoms with Crippen LogP contribution in [-0.4, -0.2) is 22.2 Å². The number of nitrogens with one attached hydrogen (secondary N) is 1. The zero-order valence-electron chi connectivity index (χ0n) is 10.1. The van der Waals surface area contributed by atoms with Crippen molar-refractivity contribution in [2.24, 2.45) is 11.7 Å². The third kappa shape index (κ3) is 3.06. The Kier molecular flexibility index (Phi) is 4.49. The molecule has 0 aromatic carbocycles. The van der Waals surface area contributed by atoms with Crippen molar-refractivity contribution >= 4 is 11.7 Å². The molecule has 16 heavy (non-hydrogen) atoms. The van der Waals surface area contributed by atoms with Crippen LogP contribution in [0.2, 0.25) is 0 Å².